The van der Waals surface area contributed by atoms with Gasteiger partial charge in [0.2, 0.25) is 0 Å². The summed E-state index contributed by atoms with van der Waals surface area (Å²) in [4.78, 5) is 14.2. The Bertz CT molecular complexity index is 584. The van der Waals surface area contributed by atoms with Gasteiger partial charge in [-0.2, -0.15) is 0 Å². The lowest BCUT2D eigenvalue weighted by atomic mass is 10.1. The zero-order valence-corrected chi connectivity index (χ0v) is 12.8. The largest absolute Gasteiger partial charge is 0.454 e. The summed E-state index contributed by atoms with van der Waals surface area (Å²) in [6, 6.07) is 18.3. The van der Waals surface area contributed by atoms with Crippen LogP contribution in [0.25, 0.3) is 0 Å². The van der Waals surface area contributed by atoms with Crippen molar-refractivity contribution in [1.82, 2.24) is 4.90 Å². The van der Waals surface area contributed by atoms with E-state index in [9.17, 15) is 9.90 Å². The van der Waals surface area contributed by atoms with Crippen molar-refractivity contribution in [3.63, 3.8) is 0 Å². The smallest absolute Gasteiger partial charge is 0.340 e. The van der Waals surface area contributed by atoms with Crippen molar-refractivity contribution in [3.8, 4) is 0 Å². The van der Waals surface area contributed by atoms with Crippen LogP contribution in [0.15, 0.2) is 60.7 Å². The summed E-state index contributed by atoms with van der Waals surface area (Å²) in [5.41, 5.74) is 1.44. The van der Waals surface area contributed by atoms with Crippen molar-refractivity contribution < 1.29 is 14.6 Å². The van der Waals surface area contributed by atoms with Gasteiger partial charge in [-0.25, -0.2) is 4.79 Å². The molecule has 0 aliphatic rings. The molecule has 0 saturated heterocycles. The molecule has 4 nitrogen and oxygen atoms in total. The molecule has 0 spiro atoms. The van der Waals surface area contributed by atoms with Crippen LogP contribution in [0.3, 0.4) is 0 Å². The van der Waals surface area contributed by atoms with Crippen molar-refractivity contribution in [1.29, 1.82) is 0 Å². The van der Waals surface area contributed by atoms with Gasteiger partial charge < -0.3 is 14.7 Å². The lowest BCUT2D eigenvalue weighted by Crippen LogP contribution is -2.26. The van der Waals surface area contributed by atoms with Crippen LogP contribution in [-0.4, -0.2) is 36.6 Å². The Hall–Kier alpha value is -2.17. The van der Waals surface area contributed by atoms with Gasteiger partial charge in [-0.15, -0.1) is 0 Å². The molecule has 2 unspecified atom stereocenters. The van der Waals surface area contributed by atoms with Crippen LogP contribution in [0.4, 0.5) is 0 Å². The van der Waals surface area contributed by atoms with Gasteiger partial charge in [0.1, 0.15) is 6.10 Å². The standard InChI is InChI=1S/C18H21NO3/c1-19(2)13-16(14-9-5-3-6-10-14)22-18(21)17(20)15-11-7-4-8-12-15/h3-12,16-17,20H,13H2,1-2H3. The number of aliphatic hydroxyl groups is 1. The molecule has 2 aromatic carbocycles. The second-order valence-corrected chi connectivity index (χ2v) is 5.41. The number of esters is 1. The van der Waals surface area contributed by atoms with Gasteiger partial charge >= 0.3 is 5.97 Å². The van der Waals surface area contributed by atoms with Gasteiger partial charge in [0.15, 0.2) is 6.10 Å². The molecule has 0 radical (unpaired) electrons. The monoisotopic (exact) mass is 299 g/mol. The molecule has 0 heterocycles. The van der Waals surface area contributed by atoms with Crippen LogP contribution in [-0.2, 0) is 9.53 Å². The number of ether oxygens (including phenoxy) is 1. The Balaban J connectivity index is 2.11. The molecule has 1 N–H and O–H groups in total. The van der Waals surface area contributed by atoms with E-state index >= 15 is 0 Å². The average Bonchev–Trinajstić information content (AvgIpc) is 2.54. The molecule has 2 aromatic rings. The van der Waals surface area contributed by atoms with Gasteiger partial charge in [0.05, 0.1) is 0 Å². The first-order chi connectivity index (χ1) is 10.6. The summed E-state index contributed by atoms with van der Waals surface area (Å²) < 4.78 is 5.53. The first-order valence-corrected chi connectivity index (χ1v) is 7.21. The Kier molecular flexibility index (Phi) is 5.69. The maximum atomic E-state index is 12.2. The number of carbonyl (C=O) groups excluding carboxylic acids is 1. The van der Waals surface area contributed by atoms with E-state index in [1.807, 2.05) is 55.4 Å². The fraction of sp³-hybridized carbons (Fsp3) is 0.278. The third-order valence-corrected chi connectivity index (χ3v) is 3.30. The summed E-state index contributed by atoms with van der Waals surface area (Å²) >= 11 is 0. The minimum atomic E-state index is -1.27. The molecular formula is C18H21NO3. The summed E-state index contributed by atoms with van der Waals surface area (Å²) in [7, 11) is 3.83. The Morgan fingerprint density at radius 1 is 1.00 bits per heavy atom. The van der Waals surface area contributed by atoms with Gasteiger partial charge in [-0.3, -0.25) is 0 Å². The molecule has 0 bridgehead atoms. The number of aliphatic hydroxyl groups excluding tert-OH is 1. The summed E-state index contributed by atoms with van der Waals surface area (Å²) in [6.07, 6.45) is -1.68. The van der Waals surface area contributed by atoms with Crippen LogP contribution in [0.2, 0.25) is 0 Å². The van der Waals surface area contributed by atoms with Crippen LogP contribution >= 0.6 is 0 Å². The normalized spacial score (nSPS) is 13.6. The van der Waals surface area contributed by atoms with E-state index < -0.39 is 18.2 Å². The van der Waals surface area contributed by atoms with Crippen LogP contribution in [0.5, 0.6) is 0 Å². The quantitative estimate of drug-likeness (QED) is 0.833. The first-order valence-electron chi connectivity index (χ1n) is 7.21. The highest BCUT2D eigenvalue weighted by atomic mass is 16.6. The first kappa shape index (κ1) is 16.2. The van der Waals surface area contributed by atoms with E-state index in [4.69, 9.17) is 4.74 Å². The highest BCUT2D eigenvalue weighted by molar-refractivity contribution is 5.76. The van der Waals surface area contributed by atoms with Crippen LogP contribution in [0, 0.1) is 0 Å². The number of carbonyl (C=O) groups is 1. The zero-order valence-electron chi connectivity index (χ0n) is 12.8. The molecule has 0 fully saturated rings. The molecule has 22 heavy (non-hydrogen) atoms. The molecule has 0 amide bonds. The lowest BCUT2D eigenvalue weighted by Gasteiger charge is -2.23. The average molecular weight is 299 g/mol. The fourth-order valence-electron chi connectivity index (χ4n) is 2.19. The highest BCUT2D eigenvalue weighted by Gasteiger charge is 2.24. The van der Waals surface area contributed by atoms with Crippen molar-refractivity contribution in [2.45, 2.75) is 12.2 Å². The van der Waals surface area contributed by atoms with Gasteiger partial charge in [-0.05, 0) is 25.2 Å². The van der Waals surface area contributed by atoms with E-state index in [1.165, 1.54) is 0 Å². The Morgan fingerprint density at radius 2 is 1.50 bits per heavy atom. The number of nitrogens with zero attached hydrogens (tertiary/aromatic N) is 1. The van der Waals surface area contributed by atoms with E-state index in [2.05, 4.69) is 0 Å². The van der Waals surface area contributed by atoms with Gasteiger partial charge in [0, 0.05) is 6.54 Å². The third-order valence-electron chi connectivity index (χ3n) is 3.30. The maximum Gasteiger partial charge on any atom is 0.340 e. The third kappa shape index (κ3) is 4.41. The number of rotatable bonds is 6. The predicted octanol–water partition coefficient (Wildman–Crippen LogP) is 2.57. The Labute approximate surface area is 131 Å². The number of hydrogen-bond acceptors (Lipinski definition) is 4. The van der Waals surface area contributed by atoms with E-state index in [0.29, 0.717) is 12.1 Å². The maximum absolute atomic E-state index is 12.2. The summed E-state index contributed by atoms with van der Waals surface area (Å²) in [5, 5.41) is 10.1. The van der Waals surface area contributed by atoms with Crippen molar-refractivity contribution in [2.24, 2.45) is 0 Å². The van der Waals surface area contributed by atoms with Crippen LogP contribution in [0.1, 0.15) is 23.3 Å². The molecule has 2 rings (SSSR count). The number of benzene rings is 2. The SMILES string of the molecule is CN(C)CC(OC(=O)C(O)c1ccccc1)c1ccccc1. The molecule has 0 aliphatic heterocycles. The molecule has 0 aromatic heterocycles. The number of likely N-dealkylation sites (N-methyl/N-ethyl adjacent to an activating group) is 1. The molecular weight excluding hydrogens is 278 g/mol. The van der Waals surface area contributed by atoms with E-state index in [-0.39, 0.29) is 0 Å². The van der Waals surface area contributed by atoms with E-state index in [1.54, 1.807) is 24.3 Å². The van der Waals surface area contributed by atoms with Crippen molar-refractivity contribution >= 4 is 5.97 Å². The minimum Gasteiger partial charge on any atom is -0.454 e. The Morgan fingerprint density at radius 3 is 2.00 bits per heavy atom. The van der Waals surface area contributed by atoms with Gasteiger partial charge in [-0.1, -0.05) is 60.7 Å². The fourth-order valence-corrected chi connectivity index (χ4v) is 2.19. The second-order valence-electron chi connectivity index (χ2n) is 5.41. The molecule has 2 atom stereocenters. The molecule has 116 valence electrons. The van der Waals surface area contributed by atoms with Crippen molar-refractivity contribution in [2.75, 3.05) is 20.6 Å². The van der Waals surface area contributed by atoms with Crippen molar-refractivity contribution in [3.05, 3.63) is 71.8 Å². The van der Waals surface area contributed by atoms with E-state index in [0.717, 1.165) is 5.56 Å². The predicted molar refractivity (Wildman–Crippen MR) is 85.2 cm³/mol. The minimum absolute atomic E-state index is 0.415. The molecule has 0 saturated carbocycles. The highest BCUT2D eigenvalue weighted by Crippen LogP contribution is 2.22. The second kappa shape index (κ2) is 7.73. The number of hydrogen-bond donors (Lipinski definition) is 1. The molecule has 0 aliphatic carbocycles. The topological polar surface area (TPSA) is 49.8 Å². The summed E-state index contributed by atoms with van der Waals surface area (Å²) in [5.74, 6) is -0.637. The van der Waals surface area contributed by atoms with Crippen LogP contribution < -0.4 is 0 Å². The zero-order chi connectivity index (χ0) is 15.9. The summed E-state index contributed by atoms with van der Waals surface area (Å²) in [6.45, 7) is 0.553. The molecule has 4 heteroatoms. The lowest BCUT2D eigenvalue weighted by molar-refractivity contribution is -0.160. The van der Waals surface area contributed by atoms with Gasteiger partial charge in [0.25, 0.3) is 0 Å².